The molecule has 1 heteroatoms. The molecule has 0 N–H and O–H groups in total. The van der Waals surface area contributed by atoms with Crippen LogP contribution in [0.15, 0.2) is 30.3 Å². The fourth-order valence-electron chi connectivity index (χ4n) is 5.55. The number of hydrogen-bond donors (Lipinski definition) is 0. The molecule has 4 aliphatic rings. The summed E-state index contributed by atoms with van der Waals surface area (Å²) < 4.78 is 0. The van der Waals surface area contributed by atoms with E-state index in [0.717, 1.165) is 23.7 Å². The molecule has 0 spiro atoms. The second-order valence-corrected chi connectivity index (χ2v) is 7.03. The lowest BCUT2D eigenvalue weighted by atomic mass is 9.49. The number of hydrogen-bond acceptors (Lipinski definition) is 1. The summed E-state index contributed by atoms with van der Waals surface area (Å²) in [5.41, 5.74) is 1.25. The normalized spacial score (nSPS) is 40.9. The van der Waals surface area contributed by atoms with E-state index in [-0.39, 0.29) is 5.92 Å². The molecular formula is C18H21N. The Kier molecular flexibility index (Phi) is 2.65. The van der Waals surface area contributed by atoms with Crippen LogP contribution in [0.1, 0.15) is 43.6 Å². The van der Waals surface area contributed by atoms with Crippen molar-refractivity contribution in [1.82, 2.24) is 0 Å². The molecular weight excluding hydrogens is 230 g/mol. The molecule has 4 fully saturated rings. The van der Waals surface area contributed by atoms with Gasteiger partial charge in [0.1, 0.15) is 0 Å². The average molecular weight is 251 g/mol. The van der Waals surface area contributed by atoms with Crippen LogP contribution < -0.4 is 0 Å². The summed E-state index contributed by atoms with van der Waals surface area (Å²) in [5, 5.41) is 9.71. The van der Waals surface area contributed by atoms with Crippen molar-refractivity contribution in [2.45, 2.75) is 38.0 Å². The van der Waals surface area contributed by atoms with E-state index >= 15 is 0 Å². The maximum Gasteiger partial charge on any atom is 0.0746 e. The Bertz CT molecular complexity index is 470. The molecule has 0 saturated heterocycles. The highest BCUT2D eigenvalue weighted by molar-refractivity contribution is 5.27. The molecule has 1 aromatic carbocycles. The average Bonchev–Trinajstić information content (AvgIpc) is 2.43. The third-order valence-electron chi connectivity index (χ3n) is 5.98. The first-order valence-corrected chi connectivity index (χ1v) is 7.79. The van der Waals surface area contributed by atoms with Crippen molar-refractivity contribution in [2.75, 3.05) is 0 Å². The summed E-state index contributed by atoms with van der Waals surface area (Å²) in [6.45, 7) is 0. The van der Waals surface area contributed by atoms with Gasteiger partial charge in [-0.15, -0.1) is 0 Å². The van der Waals surface area contributed by atoms with E-state index in [1.807, 2.05) is 0 Å². The number of benzene rings is 1. The van der Waals surface area contributed by atoms with Gasteiger partial charge in [0.05, 0.1) is 12.0 Å². The smallest absolute Gasteiger partial charge is 0.0746 e. The third kappa shape index (κ3) is 1.81. The largest absolute Gasteiger partial charge is 0.198 e. The molecule has 0 aromatic heterocycles. The summed E-state index contributed by atoms with van der Waals surface area (Å²) in [6, 6.07) is 13.2. The summed E-state index contributed by atoms with van der Waals surface area (Å²) in [4.78, 5) is 0. The lowest BCUT2D eigenvalue weighted by molar-refractivity contribution is -0.0411. The zero-order chi connectivity index (χ0) is 12.8. The van der Waals surface area contributed by atoms with Gasteiger partial charge in [0.15, 0.2) is 0 Å². The van der Waals surface area contributed by atoms with Crippen LogP contribution in [-0.4, -0.2) is 0 Å². The van der Waals surface area contributed by atoms with Crippen LogP contribution in [0.3, 0.4) is 0 Å². The van der Waals surface area contributed by atoms with E-state index in [0.29, 0.717) is 5.92 Å². The van der Waals surface area contributed by atoms with Gasteiger partial charge in [0.25, 0.3) is 0 Å². The second-order valence-electron chi connectivity index (χ2n) is 7.03. The van der Waals surface area contributed by atoms with Crippen molar-refractivity contribution in [3.63, 3.8) is 0 Å². The fraction of sp³-hybridized carbons (Fsp3) is 0.611. The molecule has 19 heavy (non-hydrogen) atoms. The van der Waals surface area contributed by atoms with Gasteiger partial charge in [-0.3, -0.25) is 0 Å². The van der Waals surface area contributed by atoms with E-state index in [1.165, 1.54) is 37.7 Å². The van der Waals surface area contributed by atoms with Gasteiger partial charge < -0.3 is 0 Å². The maximum atomic E-state index is 9.71. The molecule has 98 valence electrons. The van der Waals surface area contributed by atoms with Gasteiger partial charge in [-0.2, -0.15) is 5.26 Å². The standard InChI is InChI=1S/C18H21N/c19-11-17(14-4-2-1-3-5-14)18-15-7-12-6-13(9-15)10-16(18)8-12/h1-5,12-13,15-18H,6-10H2. The molecule has 1 unspecified atom stereocenters. The Hall–Kier alpha value is -1.29. The van der Waals surface area contributed by atoms with Crippen LogP contribution in [-0.2, 0) is 0 Å². The Morgan fingerprint density at radius 2 is 1.47 bits per heavy atom. The zero-order valence-electron chi connectivity index (χ0n) is 11.3. The Morgan fingerprint density at radius 3 is 2.00 bits per heavy atom. The molecule has 1 aromatic rings. The summed E-state index contributed by atoms with van der Waals surface area (Å²) in [7, 11) is 0. The molecule has 0 aliphatic heterocycles. The zero-order valence-corrected chi connectivity index (χ0v) is 11.3. The Morgan fingerprint density at radius 1 is 0.895 bits per heavy atom. The van der Waals surface area contributed by atoms with Crippen molar-refractivity contribution >= 4 is 0 Å². The Balaban J connectivity index is 1.66. The molecule has 1 atom stereocenters. The van der Waals surface area contributed by atoms with Crippen molar-refractivity contribution in [3.8, 4) is 6.07 Å². The molecule has 4 saturated carbocycles. The van der Waals surface area contributed by atoms with E-state index in [1.54, 1.807) is 0 Å². The fourth-order valence-corrected chi connectivity index (χ4v) is 5.55. The topological polar surface area (TPSA) is 23.8 Å². The molecule has 0 radical (unpaired) electrons. The first kappa shape index (κ1) is 11.5. The van der Waals surface area contributed by atoms with Crippen LogP contribution in [0.5, 0.6) is 0 Å². The second kappa shape index (κ2) is 4.37. The molecule has 0 heterocycles. The summed E-state index contributed by atoms with van der Waals surface area (Å²) in [5.74, 6) is 4.43. The lowest BCUT2D eigenvalue weighted by Crippen LogP contribution is -2.46. The number of nitrogens with zero attached hydrogens (tertiary/aromatic N) is 1. The van der Waals surface area contributed by atoms with Crippen molar-refractivity contribution in [1.29, 1.82) is 5.26 Å². The molecule has 4 bridgehead atoms. The summed E-state index contributed by atoms with van der Waals surface area (Å²) in [6.07, 6.45) is 7.11. The lowest BCUT2D eigenvalue weighted by Gasteiger charge is -2.55. The first-order valence-electron chi connectivity index (χ1n) is 7.79. The monoisotopic (exact) mass is 251 g/mol. The minimum atomic E-state index is 0.135. The highest BCUT2D eigenvalue weighted by atomic mass is 14.6. The van der Waals surface area contributed by atoms with Crippen LogP contribution in [0, 0.1) is 40.9 Å². The van der Waals surface area contributed by atoms with Crippen molar-refractivity contribution in [2.24, 2.45) is 29.6 Å². The molecule has 5 rings (SSSR count). The van der Waals surface area contributed by atoms with Gasteiger partial charge in [-0.05, 0) is 67.3 Å². The van der Waals surface area contributed by atoms with E-state index in [4.69, 9.17) is 0 Å². The van der Waals surface area contributed by atoms with E-state index < -0.39 is 0 Å². The quantitative estimate of drug-likeness (QED) is 0.766. The first-order chi connectivity index (χ1) is 9.35. The molecule has 4 aliphatic carbocycles. The van der Waals surface area contributed by atoms with Crippen LogP contribution in [0.25, 0.3) is 0 Å². The Labute approximate surface area is 115 Å². The maximum absolute atomic E-state index is 9.71. The predicted octanol–water partition coefficient (Wildman–Crippen LogP) is 4.37. The van der Waals surface area contributed by atoms with Gasteiger partial charge in [-0.1, -0.05) is 30.3 Å². The van der Waals surface area contributed by atoms with Gasteiger partial charge in [0.2, 0.25) is 0 Å². The SMILES string of the molecule is N#CC(c1ccccc1)C1C2CC3CC(C2)CC1C3. The third-order valence-corrected chi connectivity index (χ3v) is 5.98. The minimum Gasteiger partial charge on any atom is -0.198 e. The minimum absolute atomic E-state index is 0.135. The number of rotatable bonds is 2. The van der Waals surface area contributed by atoms with Gasteiger partial charge >= 0.3 is 0 Å². The van der Waals surface area contributed by atoms with E-state index in [2.05, 4.69) is 36.4 Å². The predicted molar refractivity (Wildman–Crippen MR) is 75.3 cm³/mol. The van der Waals surface area contributed by atoms with Crippen molar-refractivity contribution < 1.29 is 0 Å². The van der Waals surface area contributed by atoms with Crippen LogP contribution in [0.2, 0.25) is 0 Å². The highest BCUT2D eigenvalue weighted by Gasteiger charge is 2.50. The molecule has 0 amide bonds. The van der Waals surface area contributed by atoms with Crippen molar-refractivity contribution in [3.05, 3.63) is 35.9 Å². The van der Waals surface area contributed by atoms with Gasteiger partial charge in [-0.25, -0.2) is 0 Å². The highest BCUT2D eigenvalue weighted by Crippen LogP contribution is 2.59. The number of nitriles is 1. The molecule has 1 nitrogen and oxygen atoms in total. The van der Waals surface area contributed by atoms with Crippen LogP contribution >= 0.6 is 0 Å². The summed E-state index contributed by atoms with van der Waals surface area (Å²) >= 11 is 0. The van der Waals surface area contributed by atoms with E-state index in [9.17, 15) is 5.26 Å². The van der Waals surface area contributed by atoms with Crippen LogP contribution in [0.4, 0.5) is 0 Å². The van der Waals surface area contributed by atoms with Gasteiger partial charge in [0, 0.05) is 0 Å².